The number of rotatable bonds is 6. The van der Waals surface area contributed by atoms with E-state index >= 15 is 0 Å². The van der Waals surface area contributed by atoms with Crippen molar-refractivity contribution in [3.63, 3.8) is 0 Å². The van der Waals surface area contributed by atoms with Gasteiger partial charge in [-0.1, -0.05) is 6.92 Å². The fourth-order valence-electron chi connectivity index (χ4n) is 1.68. The second-order valence-electron chi connectivity index (χ2n) is 4.36. The van der Waals surface area contributed by atoms with Crippen LogP contribution in [0.4, 0.5) is 0 Å². The summed E-state index contributed by atoms with van der Waals surface area (Å²) in [6, 6.07) is 4.98. The van der Waals surface area contributed by atoms with Gasteiger partial charge in [0.2, 0.25) is 0 Å². The lowest BCUT2D eigenvalue weighted by atomic mass is 10.1. The van der Waals surface area contributed by atoms with Gasteiger partial charge in [-0.25, -0.2) is 0 Å². The molecule has 0 aliphatic carbocycles. The number of thioether (sulfide) groups is 1. The fraction of sp³-hybridized carbons (Fsp3) is 0.500. The summed E-state index contributed by atoms with van der Waals surface area (Å²) in [7, 11) is 0. The van der Waals surface area contributed by atoms with E-state index in [2.05, 4.69) is 12.2 Å². The molecule has 0 spiro atoms. The van der Waals surface area contributed by atoms with Crippen LogP contribution in [-0.2, 0) is 0 Å². The highest BCUT2D eigenvalue weighted by atomic mass is 32.2. The summed E-state index contributed by atoms with van der Waals surface area (Å²) in [6.07, 6.45) is 0.974. The van der Waals surface area contributed by atoms with Crippen LogP contribution >= 0.6 is 11.8 Å². The molecule has 0 radical (unpaired) electrons. The van der Waals surface area contributed by atoms with Crippen LogP contribution in [0.3, 0.4) is 0 Å². The molecule has 0 saturated heterocycles. The zero-order valence-corrected chi connectivity index (χ0v) is 12.0. The minimum atomic E-state index is -0.0681. The molecule has 0 saturated carbocycles. The van der Waals surface area contributed by atoms with Crippen molar-refractivity contribution in [1.29, 1.82) is 0 Å². The van der Waals surface area contributed by atoms with E-state index in [9.17, 15) is 9.90 Å². The highest BCUT2D eigenvalue weighted by molar-refractivity contribution is 7.99. The lowest BCUT2D eigenvalue weighted by Gasteiger charge is -2.14. The lowest BCUT2D eigenvalue weighted by molar-refractivity contribution is 0.0939. The second-order valence-corrected chi connectivity index (χ2v) is 5.75. The topological polar surface area (TPSA) is 49.3 Å². The summed E-state index contributed by atoms with van der Waals surface area (Å²) >= 11 is 1.88. The number of benzene rings is 1. The van der Waals surface area contributed by atoms with Gasteiger partial charge in [-0.2, -0.15) is 11.8 Å². The van der Waals surface area contributed by atoms with Crippen molar-refractivity contribution in [1.82, 2.24) is 5.32 Å². The van der Waals surface area contributed by atoms with Crippen LogP contribution in [0.2, 0.25) is 0 Å². The predicted molar refractivity (Wildman–Crippen MR) is 77.4 cm³/mol. The Hall–Kier alpha value is -1.16. The Labute approximate surface area is 113 Å². The van der Waals surface area contributed by atoms with Gasteiger partial charge in [0.15, 0.2) is 0 Å². The third kappa shape index (κ3) is 4.61. The second kappa shape index (κ2) is 7.31. The van der Waals surface area contributed by atoms with E-state index in [0.717, 1.165) is 23.5 Å². The van der Waals surface area contributed by atoms with Crippen LogP contribution in [-0.4, -0.2) is 28.6 Å². The summed E-state index contributed by atoms with van der Waals surface area (Å²) in [5.74, 6) is 2.29. The average molecular weight is 267 g/mol. The lowest BCUT2D eigenvalue weighted by Crippen LogP contribution is -2.33. The number of carbonyl (C=O) groups is 1. The molecule has 18 heavy (non-hydrogen) atoms. The first kappa shape index (κ1) is 14.9. The van der Waals surface area contributed by atoms with Crippen LogP contribution in [0.25, 0.3) is 0 Å². The zero-order valence-electron chi connectivity index (χ0n) is 11.2. The molecule has 1 rings (SSSR count). The van der Waals surface area contributed by atoms with Crippen molar-refractivity contribution < 1.29 is 9.90 Å². The molecule has 1 aromatic carbocycles. The fourth-order valence-corrected chi connectivity index (χ4v) is 2.49. The van der Waals surface area contributed by atoms with Crippen molar-refractivity contribution in [2.75, 3.05) is 11.5 Å². The first-order valence-corrected chi connectivity index (χ1v) is 7.38. The van der Waals surface area contributed by atoms with Gasteiger partial charge in [0.1, 0.15) is 5.75 Å². The molecule has 4 heteroatoms. The maximum absolute atomic E-state index is 12.0. The van der Waals surface area contributed by atoms with Crippen molar-refractivity contribution in [3.8, 4) is 5.75 Å². The molecule has 100 valence electrons. The van der Waals surface area contributed by atoms with Crippen molar-refractivity contribution in [2.24, 2.45) is 0 Å². The van der Waals surface area contributed by atoms with Crippen molar-refractivity contribution >= 4 is 17.7 Å². The van der Waals surface area contributed by atoms with E-state index in [4.69, 9.17) is 0 Å². The van der Waals surface area contributed by atoms with E-state index in [0.29, 0.717) is 5.56 Å². The molecule has 1 amide bonds. The number of nitrogens with one attached hydrogen (secondary N) is 1. The summed E-state index contributed by atoms with van der Waals surface area (Å²) in [4.78, 5) is 12.0. The van der Waals surface area contributed by atoms with E-state index in [1.165, 1.54) is 0 Å². The number of aryl methyl sites for hydroxylation is 1. The zero-order chi connectivity index (χ0) is 13.5. The number of phenolic OH excluding ortho intramolecular Hbond substituents is 1. The summed E-state index contributed by atoms with van der Waals surface area (Å²) in [6.45, 7) is 5.98. The molecular formula is C14H21NO2S. The first-order valence-electron chi connectivity index (χ1n) is 6.22. The van der Waals surface area contributed by atoms with Gasteiger partial charge >= 0.3 is 0 Å². The third-order valence-corrected chi connectivity index (χ3v) is 3.66. The number of amides is 1. The number of phenols is 1. The molecule has 0 bridgehead atoms. The molecule has 0 aliphatic heterocycles. The Morgan fingerprint density at radius 3 is 2.83 bits per heavy atom. The normalized spacial score (nSPS) is 12.2. The Balaban J connectivity index is 2.54. The average Bonchev–Trinajstić information content (AvgIpc) is 2.28. The Bertz CT molecular complexity index is 407. The van der Waals surface area contributed by atoms with Crippen LogP contribution < -0.4 is 5.32 Å². The molecule has 2 N–H and O–H groups in total. The van der Waals surface area contributed by atoms with Crippen molar-refractivity contribution in [2.45, 2.75) is 33.2 Å². The molecule has 0 aromatic heterocycles. The smallest absolute Gasteiger partial charge is 0.251 e. The summed E-state index contributed by atoms with van der Waals surface area (Å²) in [5.41, 5.74) is 1.42. The minimum absolute atomic E-state index is 0.0681. The Morgan fingerprint density at radius 1 is 1.50 bits per heavy atom. The predicted octanol–water partition coefficient (Wildman–Crippen LogP) is 2.96. The molecular weight excluding hydrogens is 246 g/mol. The number of aromatic hydroxyl groups is 1. The molecule has 1 aromatic rings. The van der Waals surface area contributed by atoms with Gasteiger partial charge in [0.05, 0.1) is 0 Å². The molecule has 1 atom stereocenters. The summed E-state index contributed by atoms with van der Waals surface area (Å²) in [5, 5.41) is 12.3. The van der Waals surface area contributed by atoms with Gasteiger partial charge in [-0.15, -0.1) is 0 Å². The first-order chi connectivity index (χ1) is 8.54. The van der Waals surface area contributed by atoms with E-state index in [1.54, 1.807) is 18.2 Å². The van der Waals surface area contributed by atoms with Crippen LogP contribution in [0.15, 0.2) is 18.2 Å². The Morgan fingerprint density at radius 2 is 2.22 bits per heavy atom. The van der Waals surface area contributed by atoms with Gasteiger partial charge in [-0.3, -0.25) is 4.79 Å². The maximum atomic E-state index is 12.0. The van der Waals surface area contributed by atoms with E-state index in [-0.39, 0.29) is 17.7 Å². The number of carbonyl (C=O) groups excluding carboxylic acids is 1. The van der Waals surface area contributed by atoms with Crippen LogP contribution in [0.1, 0.15) is 36.2 Å². The van der Waals surface area contributed by atoms with Crippen LogP contribution in [0.5, 0.6) is 5.75 Å². The summed E-state index contributed by atoms with van der Waals surface area (Å²) < 4.78 is 0. The highest BCUT2D eigenvalue weighted by Gasteiger charge is 2.12. The quantitative estimate of drug-likeness (QED) is 0.779. The SMILES string of the molecule is CCSCCC(C)NC(=O)c1ccc(O)cc1C. The van der Waals surface area contributed by atoms with Gasteiger partial charge in [0.25, 0.3) is 5.91 Å². The highest BCUT2D eigenvalue weighted by Crippen LogP contribution is 2.15. The number of hydrogen-bond donors (Lipinski definition) is 2. The maximum Gasteiger partial charge on any atom is 0.251 e. The molecule has 0 heterocycles. The minimum Gasteiger partial charge on any atom is -0.508 e. The molecule has 1 unspecified atom stereocenters. The van der Waals surface area contributed by atoms with Gasteiger partial charge < -0.3 is 10.4 Å². The standard InChI is InChI=1S/C14H21NO2S/c1-4-18-8-7-11(3)15-14(17)13-6-5-12(16)9-10(13)2/h5-6,9,11,16H,4,7-8H2,1-3H3,(H,15,17). The molecule has 3 nitrogen and oxygen atoms in total. The molecule has 0 aliphatic rings. The van der Waals surface area contributed by atoms with Crippen molar-refractivity contribution in [3.05, 3.63) is 29.3 Å². The third-order valence-electron chi connectivity index (χ3n) is 2.73. The van der Waals surface area contributed by atoms with E-state index in [1.807, 2.05) is 25.6 Å². The van der Waals surface area contributed by atoms with E-state index < -0.39 is 0 Å². The number of hydrogen-bond acceptors (Lipinski definition) is 3. The van der Waals surface area contributed by atoms with Gasteiger partial charge in [-0.05, 0) is 55.5 Å². The largest absolute Gasteiger partial charge is 0.508 e. The van der Waals surface area contributed by atoms with Crippen LogP contribution in [0, 0.1) is 6.92 Å². The van der Waals surface area contributed by atoms with Gasteiger partial charge in [0, 0.05) is 11.6 Å². The molecule has 0 fully saturated rings. The Kier molecular flexibility index (Phi) is 6.05. The monoisotopic (exact) mass is 267 g/mol.